The molecule has 0 atom stereocenters. The van der Waals surface area contributed by atoms with Crippen LogP contribution in [0.25, 0.3) is 22.4 Å². The average molecular weight is 387 g/mol. The molecule has 1 aliphatic rings. The summed E-state index contributed by atoms with van der Waals surface area (Å²) in [4.78, 5) is 4.69. The van der Waals surface area contributed by atoms with Crippen molar-refractivity contribution in [3.05, 3.63) is 66.9 Å². The van der Waals surface area contributed by atoms with Crippen LogP contribution in [0.3, 0.4) is 0 Å². The third kappa shape index (κ3) is 3.68. The molecule has 1 saturated heterocycles. The SMILES string of the molecule is COc1cc(-c2cccc(-c3ccccc3)c2)ncc1B1OC(C)(C)C(C)(C)O1. The third-order valence-corrected chi connectivity index (χ3v) is 5.89. The zero-order chi connectivity index (χ0) is 20.6. The summed E-state index contributed by atoms with van der Waals surface area (Å²) >= 11 is 0. The van der Waals surface area contributed by atoms with Crippen molar-refractivity contribution in [1.82, 2.24) is 4.98 Å². The summed E-state index contributed by atoms with van der Waals surface area (Å²) in [6, 6.07) is 20.6. The van der Waals surface area contributed by atoms with Crippen LogP contribution in [0.4, 0.5) is 0 Å². The molecular formula is C24H26BNO3. The van der Waals surface area contributed by atoms with E-state index in [0.717, 1.165) is 22.3 Å². The molecule has 148 valence electrons. The van der Waals surface area contributed by atoms with Crippen molar-refractivity contribution in [1.29, 1.82) is 0 Å². The largest absolute Gasteiger partial charge is 0.500 e. The molecule has 4 rings (SSSR count). The van der Waals surface area contributed by atoms with Gasteiger partial charge in [-0.1, -0.05) is 48.5 Å². The standard InChI is InChI=1S/C24H26BNO3/c1-23(2)24(3,4)29-25(28-23)20-16-26-21(15-22(20)27-5)19-13-9-12-18(14-19)17-10-7-6-8-11-17/h6-16H,1-5H3. The van der Waals surface area contributed by atoms with Gasteiger partial charge in [0.15, 0.2) is 0 Å². The van der Waals surface area contributed by atoms with E-state index in [0.29, 0.717) is 5.75 Å². The van der Waals surface area contributed by atoms with Crippen molar-refractivity contribution in [2.45, 2.75) is 38.9 Å². The molecule has 29 heavy (non-hydrogen) atoms. The molecule has 0 bridgehead atoms. The lowest BCUT2D eigenvalue weighted by Gasteiger charge is -2.32. The molecule has 0 amide bonds. The molecule has 4 nitrogen and oxygen atoms in total. The van der Waals surface area contributed by atoms with E-state index in [-0.39, 0.29) is 0 Å². The second-order valence-corrected chi connectivity index (χ2v) is 8.35. The van der Waals surface area contributed by atoms with Gasteiger partial charge < -0.3 is 14.0 Å². The first-order valence-corrected chi connectivity index (χ1v) is 9.86. The molecular weight excluding hydrogens is 361 g/mol. The maximum Gasteiger partial charge on any atom is 0.500 e. The number of pyridine rings is 1. The number of hydrogen-bond acceptors (Lipinski definition) is 4. The smallest absolute Gasteiger partial charge is 0.497 e. The van der Waals surface area contributed by atoms with Gasteiger partial charge in [0, 0.05) is 23.3 Å². The number of ether oxygens (including phenoxy) is 1. The van der Waals surface area contributed by atoms with Gasteiger partial charge in [-0.05, 0) is 44.9 Å². The quantitative estimate of drug-likeness (QED) is 0.608. The van der Waals surface area contributed by atoms with E-state index in [2.05, 4.69) is 30.3 Å². The summed E-state index contributed by atoms with van der Waals surface area (Å²) in [7, 11) is 1.15. The van der Waals surface area contributed by atoms with E-state index < -0.39 is 18.3 Å². The van der Waals surface area contributed by atoms with Crippen LogP contribution in [0, 0.1) is 0 Å². The van der Waals surface area contributed by atoms with Crippen LogP contribution in [0.15, 0.2) is 66.9 Å². The van der Waals surface area contributed by atoms with Crippen LogP contribution in [0.5, 0.6) is 5.75 Å². The minimum absolute atomic E-state index is 0.411. The van der Waals surface area contributed by atoms with Crippen molar-refractivity contribution in [3.8, 4) is 28.1 Å². The Bertz CT molecular complexity index is 1000. The zero-order valence-electron chi connectivity index (χ0n) is 17.6. The first-order chi connectivity index (χ1) is 13.8. The second-order valence-electron chi connectivity index (χ2n) is 8.35. The summed E-state index contributed by atoms with van der Waals surface area (Å²) in [5, 5.41) is 0. The fraction of sp³-hybridized carbons (Fsp3) is 0.292. The topological polar surface area (TPSA) is 40.6 Å². The van der Waals surface area contributed by atoms with Gasteiger partial charge in [-0.15, -0.1) is 0 Å². The lowest BCUT2D eigenvalue weighted by molar-refractivity contribution is 0.00578. The Kier molecular flexibility index (Phi) is 4.97. The summed E-state index contributed by atoms with van der Waals surface area (Å²) in [5.41, 5.74) is 4.18. The molecule has 0 spiro atoms. The van der Waals surface area contributed by atoms with Crippen molar-refractivity contribution >= 4 is 12.6 Å². The lowest BCUT2D eigenvalue weighted by atomic mass is 9.79. The van der Waals surface area contributed by atoms with Crippen molar-refractivity contribution in [3.63, 3.8) is 0 Å². The first kappa shape index (κ1) is 19.7. The molecule has 1 aliphatic heterocycles. The summed E-state index contributed by atoms with van der Waals surface area (Å²) in [6.07, 6.45) is 1.80. The Morgan fingerprint density at radius 3 is 2.07 bits per heavy atom. The highest BCUT2D eigenvalue weighted by Crippen LogP contribution is 2.37. The number of rotatable bonds is 4. The molecule has 2 heterocycles. The van der Waals surface area contributed by atoms with Crippen LogP contribution in [0.1, 0.15) is 27.7 Å². The van der Waals surface area contributed by atoms with E-state index >= 15 is 0 Å². The third-order valence-electron chi connectivity index (χ3n) is 5.89. The zero-order valence-corrected chi connectivity index (χ0v) is 17.6. The number of benzene rings is 2. The highest BCUT2D eigenvalue weighted by molar-refractivity contribution is 6.63. The predicted octanol–water partition coefficient (Wildman–Crippen LogP) is 4.72. The highest BCUT2D eigenvalue weighted by Gasteiger charge is 2.52. The summed E-state index contributed by atoms with van der Waals surface area (Å²) in [6.45, 7) is 8.15. The Labute approximate surface area is 173 Å². The molecule has 3 aromatic rings. The Hall–Kier alpha value is -2.63. The van der Waals surface area contributed by atoms with Crippen LogP contribution in [0.2, 0.25) is 0 Å². The van der Waals surface area contributed by atoms with Gasteiger partial charge >= 0.3 is 7.12 Å². The molecule has 1 fully saturated rings. The second kappa shape index (κ2) is 7.32. The van der Waals surface area contributed by atoms with Crippen LogP contribution >= 0.6 is 0 Å². The predicted molar refractivity (Wildman–Crippen MR) is 117 cm³/mol. The van der Waals surface area contributed by atoms with Crippen molar-refractivity contribution < 1.29 is 14.0 Å². The van der Waals surface area contributed by atoms with Crippen molar-refractivity contribution in [2.75, 3.05) is 7.11 Å². The number of hydrogen-bond donors (Lipinski definition) is 0. The van der Waals surface area contributed by atoms with E-state index in [1.54, 1.807) is 13.3 Å². The Morgan fingerprint density at radius 2 is 1.41 bits per heavy atom. The fourth-order valence-electron chi connectivity index (χ4n) is 3.42. The van der Waals surface area contributed by atoms with E-state index in [1.165, 1.54) is 5.56 Å². The van der Waals surface area contributed by atoms with Crippen LogP contribution in [-0.2, 0) is 9.31 Å². The number of methoxy groups -OCH3 is 1. The van der Waals surface area contributed by atoms with E-state index in [4.69, 9.17) is 19.0 Å². The fourth-order valence-corrected chi connectivity index (χ4v) is 3.42. The molecule has 1 aromatic heterocycles. The molecule has 5 heteroatoms. The molecule has 0 saturated carbocycles. The average Bonchev–Trinajstić information content (AvgIpc) is 2.95. The minimum atomic E-state index is -0.507. The molecule has 0 unspecified atom stereocenters. The van der Waals surface area contributed by atoms with Gasteiger partial charge in [-0.25, -0.2) is 0 Å². The van der Waals surface area contributed by atoms with Gasteiger partial charge in [-0.3, -0.25) is 4.98 Å². The van der Waals surface area contributed by atoms with Gasteiger partial charge in [0.2, 0.25) is 0 Å². The Balaban J connectivity index is 1.68. The van der Waals surface area contributed by atoms with Gasteiger partial charge in [0.25, 0.3) is 0 Å². The number of nitrogens with zero attached hydrogens (tertiary/aromatic N) is 1. The summed E-state index contributed by atoms with van der Waals surface area (Å²) < 4.78 is 18.0. The molecule has 0 N–H and O–H groups in total. The van der Waals surface area contributed by atoms with Crippen molar-refractivity contribution in [2.24, 2.45) is 0 Å². The normalized spacial score (nSPS) is 17.3. The van der Waals surface area contributed by atoms with E-state index in [9.17, 15) is 0 Å². The number of aromatic nitrogens is 1. The van der Waals surface area contributed by atoms with Gasteiger partial charge in [0.05, 0.1) is 24.0 Å². The van der Waals surface area contributed by atoms with E-state index in [1.807, 2.05) is 58.0 Å². The summed E-state index contributed by atoms with van der Waals surface area (Å²) in [5.74, 6) is 0.707. The van der Waals surface area contributed by atoms with Crippen LogP contribution in [-0.4, -0.2) is 30.4 Å². The molecule has 0 aliphatic carbocycles. The highest BCUT2D eigenvalue weighted by atomic mass is 16.7. The lowest BCUT2D eigenvalue weighted by Crippen LogP contribution is -2.41. The Morgan fingerprint density at radius 1 is 0.793 bits per heavy atom. The first-order valence-electron chi connectivity index (χ1n) is 9.86. The monoisotopic (exact) mass is 387 g/mol. The molecule has 2 aromatic carbocycles. The van der Waals surface area contributed by atoms with Crippen LogP contribution < -0.4 is 10.2 Å². The van der Waals surface area contributed by atoms with Gasteiger partial charge in [0.1, 0.15) is 5.75 Å². The minimum Gasteiger partial charge on any atom is -0.497 e. The maximum absolute atomic E-state index is 6.17. The maximum atomic E-state index is 6.17. The molecule has 0 radical (unpaired) electrons. The van der Waals surface area contributed by atoms with Gasteiger partial charge in [-0.2, -0.15) is 0 Å².